The van der Waals surface area contributed by atoms with Crippen molar-refractivity contribution in [3.63, 3.8) is 0 Å². The third-order valence-electron chi connectivity index (χ3n) is 4.55. The highest BCUT2D eigenvalue weighted by molar-refractivity contribution is 7.99. The molecule has 0 aliphatic rings. The van der Waals surface area contributed by atoms with E-state index >= 15 is 0 Å². The Morgan fingerprint density at radius 2 is 1.96 bits per heavy atom. The van der Waals surface area contributed by atoms with Crippen molar-refractivity contribution in [3.8, 4) is 10.7 Å². The zero-order valence-corrected chi connectivity index (χ0v) is 18.5. The van der Waals surface area contributed by atoms with Gasteiger partial charge in [0.1, 0.15) is 0 Å². The monoisotopic (exact) mass is 414 g/mol. The zero-order chi connectivity index (χ0) is 20.3. The van der Waals surface area contributed by atoms with Crippen LogP contribution in [0.3, 0.4) is 0 Å². The van der Waals surface area contributed by atoms with E-state index in [0.717, 1.165) is 21.5 Å². The minimum atomic E-state index is -0.0372. The maximum absolute atomic E-state index is 12.5. The van der Waals surface area contributed by atoms with Crippen LogP contribution in [0.2, 0.25) is 0 Å². The second-order valence-corrected chi connectivity index (χ2v) is 9.23. The van der Waals surface area contributed by atoms with Crippen LogP contribution in [-0.2, 0) is 11.8 Å². The molecule has 0 aliphatic carbocycles. The average Bonchev–Trinajstić information content (AvgIpc) is 3.29. The van der Waals surface area contributed by atoms with Crippen molar-refractivity contribution in [1.29, 1.82) is 0 Å². The van der Waals surface area contributed by atoms with Crippen molar-refractivity contribution in [2.24, 2.45) is 7.05 Å². The van der Waals surface area contributed by atoms with Gasteiger partial charge in [0.25, 0.3) is 0 Å². The molecule has 0 saturated carbocycles. The maximum Gasteiger partial charge on any atom is 0.234 e. The molecule has 0 bridgehead atoms. The number of amides is 1. The van der Waals surface area contributed by atoms with E-state index < -0.39 is 0 Å². The van der Waals surface area contributed by atoms with E-state index in [1.165, 1.54) is 22.9 Å². The Labute approximate surface area is 174 Å². The number of benzene rings is 1. The van der Waals surface area contributed by atoms with Gasteiger partial charge in [0.15, 0.2) is 11.0 Å². The van der Waals surface area contributed by atoms with Gasteiger partial charge in [0.2, 0.25) is 5.91 Å². The molecule has 3 rings (SSSR count). The predicted octanol–water partition coefficient (Wildman–Crippen LogP) is 5.52. The molecule has 2 aromatic heterocycles. The predicted molar refractivity (Wildman–Crippen MR) is 118 cm³/mol. The second kappa shape index (κ2) is 8.92. The van der Waals surface area contributed by atoms with E-state index in [-0.39, 0.29) is 5.91 Å². The Morgan fingerprint density at radius 1 is 1.18 bits per heavy atom. The molecule has 3 aromatic rings. The lowest BCUT2D eigenvalue weighted by Crippen LogP contribution is -2.16. The quantitative estimate of drug-likeness (QED) is 0.517. The Kier molecular flexibility index (Phi) is 6.57. The van der Waals surface area contributed by atoms with Gasteiger partial charge in [-0.15, -0.1) is 21.5 Å². The summed E-state index contributed by atoms with van der Waals surface area (Å²) in [5.74, 6) is 1.88. The smallest absolute Gasteiger partial charge is 0.234 e. The number of hydrogen-bond acceptors (Lipinski definition) is 5. The minimum Gasteiger partial charge on any atom is -0.325 e. The van der Waals surface area contributed by atoms with Gasteiger partial charge in [-0.1, -0.05) is 57.7 Å². The molecule has 1 amide bonds. The summed E-state index contributed by atoms with van der Waals surface area (Å²) >= 11 is 3.02. The summed E-state index contributed by atoms with van der Waals surface area (Å²) in [6.45, 7) is 8.66. The number of nitrogens with zero attached hydrogens (tertiary/aromatic N) is 3. The SMILES string of the molecule is CC(C)c1ccc(NC(=O)CSc2nnc(-c3cccs3)n2C)c(C(C)C)c1. The number of thioether (sulfide) groups is 1. The summed E-state index contributed by atoms with van der Waals surface area (Å²) in [7, 11) is 1.93. The van der Waals surface area contributed by atoms with E-state index in [9.17, 15) is 4.79 Å². The lowest BCUT2D eigenvalue weighted by Gasteiger charge is -2.17. The van der Waals surface area contributed by atoms with E-state index in [0.29, 0.717) is 17.6 Å². The highest BCUT2D eigenvalue weighted by Gasteiger charge is 2.15. The van der Waals surface area contributed by atoms with E-state index in [1.54, 1.807) is 11.3 Å². The molecule has 7 heteroatoms. The van der Waals surface area contributed by atoms with Crippen LogP contribution in [0, 0.1) is 0 Å². The highest BCUT2D eigenvalue weighted by Crippen LogP contribution is 2.29. The van der Waals surface area contributed by atoms with E-state index in [1.807, 2.05) is 35.2 Å². The number of thiophene rings is 1. The van der Waals surface area contributed by atoms with Crippen molar-refractivity contribution in [3.05, 3.63) is 46.8 Å². The van der Waals surface area contributed by atoms with Gasteiger partial charge >= 0.3 is 0 Å². The normalized spacial score (nSPS) is 11.4. The van der Waals surface area contributed by atoms with Gasteiger partial charge < -0.3 is 9.88 Å². The lowest BCUT2D eigenvalue weighted by atomic mass is 9.94. The van der Waals surface area contributed by atoms with Crippen LogP contribution >= 0.6 is 23.1 Å². The van der Waals surface area contributed by atoms with Crippen LogP contribution in [0.1, 0.15) is 50.7 Å². The fraction of sp³-hybridized carbons (Fsp3) is 0.381. The first-order valence-corrected chi connectivity index (χ1v) is 11.2. The van der Waals surface area contributed by atoms with Gasteiger partial charge in [-0.05, 0) is 40.5 Å². The number of carbonyl (C=O) groups excluding carboxylic acids is 1. The number of anilines is 1. The molecular weight excluding hydrogens is 388 g/mol. The number of aromatic nitrogens is 3. The van der Waals surface area contributed by atoms with Crippen molar-refractivity contribution < 1.29 is 4.79 Å². The fourth-order valence-electron chi connectivity index (χ4n) is 2.91. The Hall–Kier alpha value is -2.12. The molecule has 148 valence electrons. The van der Waals surface area contributed by atoms with Crippen LogP contribution in [0.25, 0.3) is 10.7 Å². The first-order valence-electron chi connectivity index (χ1n) is 9.36. The van der Waals surface area contributed by atoms with Gasteiger partial charge in [0, 0.05) is 12.7 Å². The molecule has 0 spiro atoms. The summed E-state index contributed by atoms with van der Waals surface area (Å²) in [5, 5.41) is 14.3. The molecule has 0 radical (unpaired) electrons. The first kappa shape index (κ1) is 20.6. The van der Waals surface area contributed by atoms with Gasteiger partial charge in [-0.25, -0.2) is 0 Å². The molecule has 0 aliphatic heterocycles. The topological polar surface area (TPSA) is 59.8 Å². The molecule has 0 atom stereocenters. The summed E-state index contributed by atoms with van der Waals surface area (Å²) in [5.41, 5.74) is 3.35. The minimum absolute atomic E-state index is 0.0372. The van der Waals surface area contributed by atoms with Crippen LogP contribution in [0.4, 0.5) is 5.69 Å². The number of nitrogens with one attached hydrogen (secondary N) is 1. The summed E-state index contributed by atoms with van der Waals surface area (Å²) in [6.07, 6.45) is 0. The van der Waals surface area contributed by atoms with E-state index in [4.69, 9.17) is 0 Å². The van der Waals surface area contributed by atoms with Crippen LogP contribution in [0.5, 0.6) is 0 Å². The summed E-state index contributed by atoms with van der Waals surface area (Å²) in [6, 6.07) is 10.3. The maximum atomic E-state index is 12.5. The molecule has 5 nitrogen and oxygen atoms in total. The fourth-order valence-corrected chi connectivity index (χ4v) is 4.36. The Morgan fingerprint density at radius 3 is 2.61 bits per heavy atom. The van der Waals surface area contributed by atoms with Crippen molar-refractivity contribution >= 4 is 34.7 Å². The molecule has 0 saturated heterocycles. The number of hydrogen-bond donors (Lipinski definition) is 1. The number of carbonyl (C=O) groups is 1. The number of rotatable bonds is 7. The largest absolute Gasteiger partial charge is 0.325 e. The lowest BCUT2D eigenvalue weighted by molar-refractivity contribution is -0.113. The third-order valence-corrected chi connectivity index (χ3v) is 6.43. The van der Waals surface area contributed by atoms with Crippen molar-refractivity contribution in [1.82, 2.24) is 14.8 Å². The molecule has 28 heavy (non-hydrogen) atoms. The van der Waals surface area contributed by atoms with E-state index in [2.05, 4.69) is 55.3 Å². The average molecular weight is 415 g/mol. The molecule has 0 fully saturated rings. The van der Waals surface area contributed by atoms with Crippen LogP contribution in [0.15, 0.2) is 40.9 Å². The molecule has 1 N–H and O–H groups in total. The zero-order valence-electron chi connectivity index (χ0n) is 16.9. The molecular formula is C21H26N4OS2. The van der Waals surface area contributed by atoms with Crippen molar-refractivity contribution in [2.75, 3.05) is 11.1 Å². The summed E-state index contributed by atoms with van der Waals surface area (Å²) < 4.78 is 1.93. The molecule has 1 aromatic carbocycles. The summed E-state index contributed by atoms with van der Waals surface area (Å²) in [4.78, 5) is 13.6. The third kappa shape index (κ3) is 4.64. The molecule has 0 unspecified atom stereocenters. The van der Waals surface area contributed by atoms with Gasteiger partial charge in [-0.2, -0.15) is 0 Å². The Bertz CT molecular complexity index is 945. The van der Waals surface area contributed by atoms with Gasteiger partial charge in [-0.3, -0.25) is 4.79 Å². The van der Waals surface area contributed by atoms with Gasteiger partial charge in [0.05, 0.1) is 10.6 Å². The van der Waals surface area contributed by atoms with Crippen LogP contribution in [-0.4, -0.2) is 26.4 Å². The first-order chi connectivity index (χ1) is 13.4. The second-order valence-electron chi connectivity index (χ2n) is 7.34. The molecule has 2 heterocycles. The Balaban J connectivity index is 1.67. The van der Waals surface area contributed by atoms with Crippen LogP contribution < -0.4 is 5.32 Å². The standard InChI is InChI=1S/C21H26N4OS2/c1-13(2)15-8-9-17(16(11-15)14(3)4)22-19(26)12-28-21-24-23-20(25(21)5)18-7-6-10-27-18/h6-11,13-14H,12H2,1-5H3,(H,22,26). The van der Waals surface area contributed by atoms with Crippen molar-refractivity contribution in [2.45, 2.75) is 44.7 Å². The highest BCUT2D eigenvalue weighted by atomic mass is 32.2.